The summed E-state index contributed by atoms with van der Waals surface area (Å²) in [4.78, 5) is 26.6. The van der Waals surface area contributed by atoms with Gasteiger partial charge in [0.05, 0.1) is 12.7 Å². The Morgan fingerprint density at radius 3 is 2.38 bits per heavy atom. The van der Waals surface area contributed by atoms with Gasteiger partial charge in [-0.15, -0.1) is 0 Å². The van der Waals surface area contributed by atoms with E-state index in [1.54, 1.807) is 12.1 Å². The molecule has 176 valence electrons. The summed E-state index contributed by atoms with van der Waals surface area (Å²) in [7, 11) is 0. The van der Waals surface area contributed by atoms with E-state index in [0.29, 0.717) is 11.3 Å². The minimum Gasteiger partial charge on any atom is -0.491 e. The standard InChI is InChI=1S/C25H23FN2O6/c26-11-12-33-20-9-7-18(8-10-20)17-4-1-16(2-5-17)3-6-19-14-28(25(32)27-24(19)31)23-13-21(30)22(15-29)34-23/h1-2,4-5,7-10,14,21-23,29-30H,11-13,15H2,(H,27,31,32)/t21-,22+,23+/m0/s1. The number of hydrogen-bond donors (Lipinski definition) is 3. The van der Waals surface area contributed by atoms with Gasteiger partial charge in [-0.2, -0.15) is 0 Å². The van der Waals surface area contributed by atoms with Gasteiger partial charge >= 0.3 is 5.69 Å². The topological polar surface area (TPSA) is 114 Å². The summed E-state index contributed by atoms with van der Waals surface area (Å²) in [6.07, 6.45) is -1.12. The van der Waals surface area contributed by atoms with Gasteiger partial charge in [0.25, 0.3) is 5.56 Å². The number of aliphatic hydroxyl groups is 2. The fraction of sp³-hybridized carbons (Fsp3) is 0.280. The Morgan fingerprint density at radius 2 is 1.76 bits per heavy atom. The van der Waals surface area contributed by atoms with Crippen LogP contribution in [-0.2, 0) is 4.74 Å². The predicted molar refractivity (Wildman–Crippen MR) is 122 cm³/mol. The smallest absolute Gasteiger partial charge is 0.330 e. The Bertz CT molecular complexity index is 1300. The first kappa shape index (κ1) is 23.4. The van der Waals surface area contributed by atoms with Gasteiger partial charge in [0.2, 0.25) is 0 Å². The average Bonchev–Trinajstić information content (AvgIpc) is 3.23. The van der Waals surface area contributed by atoms with Crippen LogP contribution in [0.2, 0.25) is 0 Å². The zero-order chi connectivity index (χ0) is 24.1. The number of hydrogen-bond acceptors (Lipinski definition) is 6. The van der Waals surface area contributed by atoms with Crippen LogP contribution in [0.4, 0.5) is 4.39 Å². The molecule has 1 aliphatic rings. The summed E-state index contributed by atoms with van der Waals surface area (Å²) >= 11 is 0. The van der Waals surface area contributed by atoms with Crippen molar-refractivity contribution in [3.8, 4) is 28.7 Å². The van der Waals surface area contributed by atoms with Gasteiger partial charge in [-0.3, -0.25) is 14.3 Å². The Kier molecular flexibility index (Phi) is 7.23. The van der Waals surface area contributed by atoms with E-state index in [-0.39, 0.29) is 25.2 Å². The van der Waals surface area contributed by atoms with Crippen LogP contribution in [0.5, 0.6) is 5.75 Å². The predicted octanol–water partition coefficient (Wildman–Crippen LogP) is 1.59. The number of ether oxygens (including phenoxy) is 2. The van der Waals surface area contributed by atoms with E-state index >= 15 is 0 Å². The number of aliphatic hydroxyl groups excluding tert-OH is 2. The van der Waals surface area contributed by atoms with Crippen molar-refractivity contribution in [1.29, 1.82) is 0 Å². The number of nitrogens with zero attached hydrogens (tertiary/aromatic N) is 1. The fourth-order valence-corrected chi connectivity index (χ4v) is 3.62. The normalized spacial score (nSPS) is 19.4. The Labute approximate surface area is 194 Å². The molecule has 0 spiro atoms. The van der Waals surface area contributed by atoms with E-state index in [2.05, 4.69) is 16.8 Å². The van der Waals surface area contributed by atoms with Gasteiger partial charge in [-0.25, -0.2) is 9.18 Å². The molecule has 3 atom stereocenters. The summed E-state index contributed by atoms with van der Waals surface area (Å²) in [6, 6.07) is 14.7. The lowest BCUT2D eigenvalue weighted by molar-refractivity contribution is -0.0459. The second-order valence-corrected chi connectivity index (χ2v) is 7.71. The molecule has 0 unspecified atom stereocenters. The SMILES string of the molecule is O=c1[nH]c(=O)n([C@H]2C[C@H](O)[C@@H](CO)O2)cc1C#Cc1ccc(-c2ccc(OCCF)cc2)cc1. The highest BCUT2D eigenvalue weighted by Crippen LogP contribution is 2.27. The molecule has 3 aromatic rings. The fourth-order valence-electron chi connectivity index (χ4n) is 3.62. The summed E-state index contributed by atoms with van der Waals surface area (Å²) in [5.74, 6) is 6.28. The highest BCUT2D eigenvalue weighted by Gasteiger charge is 2.35. The molecule has 0 radical (unpaired) electrons. The van der Waals surface area contributed by atoms with E-state index < -0.39 is 36.4 Å². The summed E-state index contributed by atoms with van der Waals surface area (Å²) < 4.78 is 24.1. The maximum absolute atomic E-state index is 12.2. The van der Waals surface area contributed by atoms with E-state index in [1.807, 2.05) is 36.4 Å². The van der Waals surface area contributed by atoms with Gasteiger partial charge in [0.15, 0.2) is 0 Å². The lowest BCUT2D eigenvalue weighted by atomic mass is 10.0. The van der Waals surface area contributed by atoms with Crippen molar-refractivity contribution in [3.63, 3.8) is 0 Å². The lowest BCUT2D eigenvalue weighted by Crippen LogP contribution is -2.33. The number of alkyl halides is 1. The van der Waals surface area contributed by atoms with Gasteiger partial charge in [0, 0.05) is 18.2 Å². The second kappa shape index (κ2) is 10.5. The third-order valence-electron chi connectivity index (χ3n) is 5.42. The highest BCUT2D eigenvalue weighted by atomic mass is 19.1. The maximum Gasteiger partial charge on any atom is 0.330 e. The average molecular weight is 466 g/mol. The molecular weight excluding hydrogens is 443 g/mol. The number of aromatic amines is 1. The molecule has 2 heterocycles. The van der Waals surface area contributed by atoms with Crippen LogP contribution in [0.25, 0.3) is 11.1 Å². The number of benzene rings is 2. The van der Waals surface area contributed by atoms with Crippen molar-refractivity contribution in [3.05, 3.63) is 86.7 Å². The number of rotatable bonds is 6. The highest BCUT2D eigenvalue weighted by molar-refractivity contribution is 5.65. The molecule has 9 heteroatoms. The summed E-state index contributed by atoms with van der Waals surface area (Å²) in [5.41, 5.74) is 1.32. The molecule has 1 fully saturated rings. The van der Waals surface area contributed by atoms with Gasteiger partial charge < -0.3 is 19.7 Å². The van der Waals surface area contributed by atoms with Crippen molar-refractivity contribution < 1.29 is 24.1 Å². The summed E-state index contributed by atoms with van der Waals surface area (Å²) in [5, 5.41) is 19.2. The van der Waals surface area contributed by atoms with E-state index in [1.165, 1.54) is 6.20 Å². The molecule has 0 aliphatic carbocycles. The Hall–Kier alpha value is -3.71. The summed E-state index contributed by atoms with van der Waals surface area (Å²) in [6.45, 7) is -0.903. The van der Waals surface area contributed by atoms with E-state index in [0.717, 1.165) is 15.7 Å². The van der Waals surface area contributed by atoms with Crippen LogP contribution in [0.3, 0.4) is 0 Å². The van der Waals surface area contributed by atoms with Crippen LogP contribution >= 0.6 is 0 Å². The zero-order valence-electron chi connectivity index (χ0n) is 18.1. The zero-order valence-corrected chi connectivity index (χ0v) is 18.1. The molecule has 0 saturated carbocycles. The minimum atomic E-state index is -0.916. The Morgan fingerprint density at radius 1 is 1.09 bits per heavy atom. The molecule has 1 aromatic heterocycles. The van der Waals surface area contributed by atoms with Crippen LogP contribution in [0.1, 0.15) is 23.8 Å². The van der Waals surface area contributed by atoms with Crippen LogP contribution in [0.15, 0.2) is 64.3 Å². The molecule has 3 N–H and O–H groups in total. The number of aromatic nitrogens is 2. The first-order valence-electron chi connectivity index (χ1n) is 10.7. The van der Waals surface area contributed by atoms with Gasteiger partial charge in [-0.05, 0) is 35.4 Å². The lowest BCUT2D eigenvalue weighted by Gasteiger charge is -2.14. The van der Waals surface area contributed by atoms with Crippen LogP contribution < -0.4 is 16.0 Å². The monoisotopic (exact) mass is 466 g/mol. The third kappa shape index (κ3) is 5.26. The Balaban J connectivity index is 1.52. The van der Waals surface area contributed by atoms with Gasteiger partial charge in [-0.1, -0.05) is 36.1 Å². The molecule has 2 aromatic carbocycles. The quantitative estimate of drug-likeness (QED) is 0.476. The van der Waals surface area contributed by atoms with Crippen molar-refractivity contribution in [2.24, 2.45) is 0 Å². The number of H-pyrrole nitrogens is 1. The van der Waals surface area contributed by atoms with Gasteiger partial charge in [0.1, 0.15) is 36.9 Å². The molecule has 34 heavy (non-hydrogen) atoms. The first-order chi connectivity index (χ1) is 16.5. The molecule has 0 amide bonds. The van der Waals surface area contributed by atoms with E-state index in [9.17, 15) is 24.2 Å². The van der Waals surface area contributed by atoms with Crippen LogP contribution in [-0.4, -0.2) is 51.9 Å². The molecule has 1 aliphatic heterocycles. The number of nitrogens with one attached hydrogen (secondary N) is 1. The molecule has 4 rings (SSSR count). The second-order valence-electron chi connectivity index (χ2n) is 7.71. The van der Waals surface area contributed by atoms with Crippen LogP contribution in [0, 0.1) is 11.8 Å². The van der Waals surface area contributed by atoms with Crippen molar-refractivity contribution in [2.75, 3.05) is 19.9 Å². The maximum atomic E-state index is 12.2. The van der Waals surface area contributed by atoms with Crippen molar-refractivity contribution >= 4 is 0 Å². The molecular formula is C25H23FN2O6. The molecule has 1 saturated heterocycles. The first-order valence-corrected chi connectivity index (χ1v) is 10.7. The largest absolute Gasteiger partial charge is 0.491 e. The molecule has 8 nitrogen and oxygen atoms in total. The van der Waals surface area contributed by atoms with Crippen molar-refractivity contribution in [1.82, 2.24) is 9.55 Å². The van der Waals surface area contributed by atoms with E-state index in [4.69, 9.17) is 9.47 Å². The molecule has 0 bridgehead atoms. The third-order valence-corrected chi connectivity index (χ3v) is 5.42. The van der Waals surface area contributed by atoms with Crippen molar-refractivity contribution in [2.45, 2.75) is 24.9 Å². The number of halogens is 1. The minimum absolute atomic E-state index is 0.0197.